The van der Waals surface area contributed by atoms with Crippen LogP contribution in [0.15, 0.2) is 12.7 Å². The van der Waals surface area contributed by atoms with Crippen molar-refractivity contribution in [3.05, 3.63) is 12.7 Å². The highest BCUT2D eigenvalue weighted by Gasteiger charge is 2.18. The van der Waals surface area contributed by atoms with Crippen LogP contribution < -0.4 is 0 Å². The number of unbranched alkanes of at least 4 members (excludes halogenated alkanes) is 1. The van der Waals surface area contributed by atoms with Gasteiger partial charge < -0.3 is 4.90 Å². The monoisotopic (exact) mass is 197 g/mol. The van der Waals surface area contributed by atoms with Crippen LogP contribution in [0.1, 0.15) is 47.0 Å². The van der Waals surface area contributed by atoms with E-state index in [1.54, 1.807) is 0 Å². The van der Waals surface area contributed by atoms with E-state index in [0.29, 0.717) is 18.5 Å². The van der Waals surface area contributed by atoms with Crippen molar-refractivity contribution in [1.82, 2.24) is 4.90 Å². The molecule has 82 valence electrons. The molecule has 0 unspecified atom stereocenters. The molecule has 2 heteroatoms. The third-order valence-corrected chi connectivity index (χ3v) is 2.20. The maximum atomic E-state index is 11.8. The summed E-state index contributed by atoms with van der Waals surface area (Å²) in [6.45, 7) is 11.9. The summed E-state index contributed by atoms with van der Waals surface area (Å²) >= 11 is 0. The number of hydrogen-bond acceptors (Lipinski definition) is 1. The van der Waals surface area contributed by atoms with Gasteiger partial charge in [-0.25, -0.2) is 0 Å². The molecule has 0 N–H and O–H groups in total. The van der Waals surface area contributed by atoms with Crippen molar-refractivity contribution < 1.29 is 4.79 Å². The molecular weight excluding hydrogens is 174 g/mol. The Morgan fingerprint density at radius 1 is 1.29 bits per heavy atom. The molecule has 0 atom stereocenters. The predicted octanol–water partition coefficient (Wildman–Crippen LogP) is 2.99. The van der Waals surface area contributed by atoms with Gasteiger partial charge in [0.1, 0.15) is 0 Å². The summed E-state index contributed by atoms with van der Waals surface area (Å²) in [4.78, 5) is 13.7. The molecule has 0 aliphatic rings. The van der Waals surface area contributed by atoms with Crippen molar-refractivity contribution in [1.29, 1.82) is 0 Å². The molecule has 0 aromatic heterocycles. The smallest absolute Gasteiger partial charge is 0.223 e. The fraction of sp³-hybridized carbons (Fsp3) is 0.750. The fourth-order valence-corrected chi connectivity index (χ4v) is 1.70. The van der Waals surface area contributed by atoms with Crippen LogP contribution in [0.5, 0.6) is 0 Å². The van der Waals surface area contributed by atoms with Gasteiger partial charge in [0.05, 0.1) is 0 Å². The second kappa shape index (κ2) is 6.63. The maximum absolute atomic E-state index is 11.8. The Labute approximate surface area is 88.0 Å². The third kappa shape index (κ3) is 4.45. The summed E-state index contributed by atoms with van der Waals surface area (Å²) in [7, 11) is 0. The SMILES string of the molecule is C=CCCCC(=O)N(C(C)C)C(C)C. The lowest BCUT2D eigenvalue weighted by Gasteiger charge is -2.30. The first-order chi connectivity index (χ1) is 6.50. The van der Waals surface area contributed by atoms with Gasteiger partial charge in [-0.1, -0.05) is 6.08 Å². The number of rotatable bonds is 6. The third-order valence-electron chi connectivity index (χ3n) is 2.20. The minimum Gasteiger partial charge on any atom is -0.338 e. The largest absolute Gasteiger partial charge is 0.338 e. The Balaban J connectivity index is 4.09. The van der Waals surface area contributed by atoms with Crippen LogP contribution in [0, 0.1) is 0 Å². The van der Waals surface area contributed by atoms with Crippen molar-refractivity contribution in [2.24, 2.45) is 0 Å². The summed E-state index contributed by atoms with van der Waals surface area (Å²) in [5, 5.41) is 0. The molecule has 0 radical (unpaired) electrons. The summed E-state index contributed by atoms with van der Waals surface area (Å²) in [6.07, 6.45) is 4.35. The molecule has 0 spiro atoms. The van der Waals surface area contributed by atoms with E-state index in [2.05, 4.69) is 34.3 Å². The minimum atomic E-state index is 0.261. The Bertz CT molecular complexity index is 177. The predicted molar refractivity (Wildman–Crippen MR) is 61.2 cm³/mol. The summed E-state index contributed by atoms with van der Waals surface area (Å²) < 4.78 is 0. The average Bonchev–Trinajstić information content (AvgIpc) is 2.03. The Morgan fingerprint density at radius 3 is 2.14 bits per heavy atom. The molecule has 0 aliphatic carbocycles. The van der Waals surface area contributed by atoms with Crippen molar-refractivity contribution in [3.8, 4) is 0 Å². The van der Waals surface area contributed by atoms with Gasteiger partial charge in [0.15, 0.2) is 0 Å². The van der Waals surface area contributed by atoms with E-state index in [0.717, 1.165) is 12.8 Å². The fourth-order valence-electron chi connectivity index (χ4n) is 1.70. The van der Waals surface area contributed by atoms with E-state index in [9.17, 15) is 4.79 Å². The molecule has 1 amide bonds. The van der Waals surface area contributed by atoms with Crippen LogP contribution in [0.25, 0.3) is 0 Å². The maximum Gasteiger partial charge on any atom is 0.223 e. The molecule has 14 heavy (non-hydrogen) atoms. The lowest BCUT2D eigenvalue weighted by atomic mass is 10.1. The highest BCUT2D eigenvalue weighted by Crippen LogP contribution is 2.09. The van der Waals surface area contributed by atoms with Gasteiger partial charge in [-0.15, -0.1) is 6.58 Å². The van der Waals surface area contributed by atoms with E-state index in [4.69, 9.17) is 0 Å². The second-order valence-corrected chi connectivity index (χ2v) is 4.17. The van der Waals surface area contributed by atoms with Gasteiger partial charge in [0.2, 0.25) is 5.91 Å². The average molecular weight is 197 g/mol. The summed E-state index contributed by atoms with van der Waals surface area (Å²) in [5.41, 5.74) is 0. The van der Waals surface area contributed by atoms with Gasteiger partial charge in [-0.3, -0.25) is 4.79 Å². The van der Waals surface area contributed by atoms with E-state index in [1.807, 2.05) is 11.0 Å². The molecular formula is C12H23NO. The molecule has 0 heterocycles. The lowest BCUT2D eigenvalue weighted by Crippen LogP contribution is -2.41. The molecule has 0 aromatic rings. The van der Waals surface area contributed by atoms with Gasteiger partial charge in [-0.05, 0) is 40.5 Å². The number of allylic oxidation sites excluding steroid dienone is 1. The molecule has 0 aliphatic heterocycles. The quantitative estimate of drug-likeness (QED) is 0.473. The van der Waals surface area contributed by atoms with Gasteiger partial charge in [-0.2, -0.15) is 0 Å². The van der Waals surface area contributed by atoms with Crippen LogP contribution in [0.2, 0.25) is 0 Å². The molecule has 0 fully saturated rings. The Hall–Kier alpha value is -0.790. The number of amides is 1. The lowest BCUT2D eigenvalue weighted by molar-refractivity contribution is -0.134. The number of hydrogen-bond donors (Lipinski definition) is 0. The van der Waals surface area contributed by atoms with Crippen LogP contribution in [-0.2, 0) is 4.79 Å². The zero-order valence-corrected chi connectivity index (χ0v) is 9.92. The molecule has 0 aromatic carbocycles. The van der Waals surface area contributed by atoms with Crippen molar-refractivity contribution in [2.45, 2.75) is 59.0 Å². The highest BCUT2D eigenvalue weighted by molar-refractivity contribution is 5.76. The molecule has 0 saturated heterocycles. The van der Waals surface area contributed by atoms with E-state index in [-0.39, 0.29) is 5.91 Å². The van der Waals surface area contributed by atoms with Crippen LogP contribution in [-0.4, -0.2) is 22.9 Å². The Kier molecular flexibility index (Phi) is 6.26. The zero-order chi connectivity index (χ0) is 11.1. The second-order valence-electron chi connectivity index (χ2n) is 4.17. The molecule has 0 saturated carbocycles. The number of nitrogens with zero attached hydrogens (tertiary/aromatic N) is 1. The summed E-state index contributed by atoms with van der Waals surface area (Å²) in [6, 6.07) is 0.595. The first-order valence-corrected chi connectivity index (χ1v) is 5.42. The van der Waals surface area contributed by atoms with Gasteiger partial charge >= 0.3 is 0 Å². The van der Waals surface area contributed by atoms with Crippen LogP contribution in [0.4, 0.5) is 0 Å². The van der Waals surface area contributed by atoms with E-state index >= 15 is 0 Å². The minimum absolute atomic E-state index is 0.261. The topological polar surface area (TPSA) is 20.3 Å². The summed E-state index contributed by atoms with van der Waals surface area (Å²) in [5.74, 6) is 0.261. The van der Waals surface area contributed by atoms with Crippen molar-refractivity contribution in [2.75, 3.05) is 0 Å². The first-order valence-electron chi connectivity index (χ1n) is 5.42. The van der Waals surface area contributed by atoms with Gasteiger partial charge in [0.25, 0.3) is 0 Å². The van der Waals surface area contributed by atoms with Gasteiger partial charge in [0, 0.05) is 18.5 Å². The molecule has 0 rings (SSSR count). The standard InChI is InChI=1S/C12H23NO/c1-6-7-8-9-12(14)13(10(2)3)11(4)5/h6,10-11H,1,7-9H2,2-5H3. The van der Waals surface area contributed by atoms with Crippen molar-refractivity contribution in [3.63, 3.8) is 0 Å². The van der Waals surface area contributed by atoms with Crippen molar-refractivity contribution >= 4 is 5.91 Å². The van der Waals surface area contributed by atoms with E-state index < -0.39 is 0 Å². The van der Waals surface area contributed by atoms with E-state index in [1.165, 1.54) is 0 Å². The van der Waals surface area contributed by atoms with Crippen LogP contribution in [0.3, 0.4) is 0 Å². The normalized spacial score (nSPS) is 10.7. The molecule has 0 bridgehead atoms. The number of carbonyl (C=O) groups is 1. The zero-order valence-electron chi connectivity index (χ0n) is 9.92. The van der Waals surface area contributed by atoms with Crippen LogP contribution >= 0.6 is 0 Å². The molecule has 2 nitrogen and oxygen atoms in total. The highest BCUT2D eigenvalue weighted by atomic mass is 16.2. The number of carbonyl (C=O) groups excluding carboxylic acids is 1. The Morgan fingerprint density at radius 2 is 1.79 bits per heavy atom. The first kappa shape index (κ1) is 13.2.